The second kappa shape index (κ2) is 4.73. The van der Waals surface area contributed by atoms with Crippen molar-refractivity contribution in [2.75, 3.05) is 6.54 Å². The van der Waals surface area contributed by atoms with Crippen LogP contribution in [0.3, 0.4) is 0 Å². The molecule has 2 amide bonds. The van der Waals surface area contributed by atoms with Crippen molar-refractivity contribution in [3.63, 3.8) is 0 Å². The first-order valence-corrected chi connectivity index (χ1v) is 5.89. The quantitative estimate of drug-likeness (QED) is 0.692. The maximum absolute atomic E-state index is 11.5. The fourth-order valence-corrected chi connectivity index (χ4v) is 2.02. The van der Waals surface area contributed by atoms with Gasteiger partial charge in [0.1, 0.15) is 6.04 Å². The van der Waals surface area contributed by atoms with Gasteiger partial charge in [0.25, 0.3) is 0 Å². The molecule has 1 saturated carbocycles. The van der Waals surface area contributed by atoms with E-state index >= 15 is 0 Å². The third-order valence-corrected chi connectivity index (χ3v) is 3.14. The first-order valence-electron chi connectivity index (χ1n) is 5.89. The maximum Gasteiger partial charge on any atom is 0.326 e. The lowest BCUT2D eigenvalue weighted by atomic mass is 10.2. The second-order valence-corrected chi connectivity index (χ2v) is 4.57. The third-order valence-electron chi connectivity index (χ3n) is 3.14. The molecule has 1 unspecified atom stereocenters. The minimum atomic E-state index is -0.988. The van der Waals surface area contributed by atoms with Crippen molar-refractivity contribution < 1.29 is 19.5 Å². The molecule has 1 saturated heterocycles. The van der Waals surface area contributed by atoms with E-state index in [9.17, 15) is 14.4 Å². The summed E-state index contributed by atoms with van der Waals surface area (Å²) in [5.41, 5.74) is 0. The van der Waals surface area contributed by atoms with Crippen molar-refractivity contribution in [3.8, 4) is 0 Å². The van der Waals surface area contributed by atoms with Crippen LogP contribution in [0.5, 0.6) is 0 Å². The SMILES string of the molecule is O=C(CCN1C(=O)CCC1C(=O)O)NC1CC1. The van der Waals surface area contributed by atoms with Crippen LogP contribution in [0.15, 0.2) is 0 Å². The Hall–Kier alpha value is -1.59. The van der Waals surface area contributed by atoms with Crippen molar-refractivity contribution in [2.45, 2.75) is 44.2 Å². The molecule has 1 aliphatic carbocycles. The predicted molar refractivity (Wildman–Crippen MR) is 58.2 cm³/mol. The first kappa shape index (κ1) is 11.9. The molecule has 0 aromatic heterocycles. The summed E-state index contributed by atoms with van der Waals surface area (Å²) < 4.78 is 0. The Morgan fingerprint density at radius 1 is 1.35 bits per heavy atom. The van der Waals surface area contributed by atoms with Crippen LogP contribution in [-0.2, 0) is 14.4 Å². The molecule has 6 nitrogen and oxygen atoms in total. The molecule has 1 aliphatic heterocycles. The van der Waals surface area contributed by atoms with Crippen molar-refractivity contribution >= 4 is 17.8 Å². The molecule has 6 heteroatoms. The van der Waals surface area contributed by atoms with Gasteiger partial charge in [-0.3, -0.25) is 9.59 Å². The minimum Gasteiger partial charge on any atom is -0.480 e. The molecular formula is C11H16N2O4. The van der Waals surface area contributed by atoms with Gasteiger partial charge in [0.05, 0.1) is 0 Å². The summed E-state index contributed by atoms with van der Waals surface area (Å²) in [5.74, 6) is -1.26. The number of hydrogen-bond acceptors (Lipinski definition) is 3. The third kappa shape index (κ3) is 2.95. The molecule has 0 aromatic rings. The van der Waals surface area contributed by atoms with Crippen LogP contribution in [0, 0.1) is 0 Å². The average Bonchev–Trinajstić information content (AvgIpc) is 2.98. The largest absolute Gasteiger partial charge is 0.480 e. The average molecular weight is 240 g/mol. The van der Waals surface area contributed by atoms with E-state index in [1.165, 1.54) is 4.90 Å². The number of carbonyl (C=O) groups is 3. The summed E-state index contributed by atoms with van der Waals surface area (Å²) >= 11 is 0. The van der Waals surface area contributed by atoms with Crippen LogP contribution in [-0.4, -0.2) is 46.4 Å². The van der Waals surface area contributed by atoms with Gasteiger partial charge in [-0.25, -0.2) is 4.79 Å². The van der Waals surface area contributed by atoms with Gasteiger partial charge in [-0.15, -0.1) is 0 Å². The highest BCUT2D eigenvalue weighted by Gasteiger charge is 2.36. The zero-order valence-corrected chi connectivity index (χ0v) is 9.52. The number of nitrogens with zero attached hydrogens (tertiary/aromatic N) is 1. The molecule has 0 bridgehead atoms. The number of likely N-dealkylation sites (tertiary alicyclic amines) is 1. The zero-order valence-electron chi connectivity index (χ0n) is 9.52. The molecular weight excluding hydrogens is 224 g/mol. The van der Waals surface area contributed by atoms with Gasteiger partial charge in [0.2, 0.25) is 11.8 Å². The van der Waals surface area contributed by atoms with E-state index in [4.69, 9.17) is 5.11 Å². The fraction of sp³-hybridized carbons (Fsp3) is 0.727. The van der Waals surface area contributed by atoms with Gasteiger partial charge in [-0.1, -0.05) is 0 Å². The molecule has 94 valence electrons. The van der Waals surface area contributed by atoms with Crippen LogP contribution in [0.2, 0.25) is 0 Å². The molecule has 1 heterocycles. The standard InChI is InChI=1S/C11H16N2O4/c14-9(12-7-1-2-7)5-6-13-8(11(16)17)3-4-10(13)15/h7-8H,1-6H2,(H,12,14)(H,16,17). The summed E-state index contributed by atoms with van der Waals surface area (Å²) in [6, 6.07) is -0.455. The van der Waals surface area contributed by atoms with Gasteiger partial charge in [-0.05, 0) is 19.3 Å². The number of aliphatic carboxylic acids is 1. The monoisotopic (exact) mass is 240 g/mol. The molecule has 0 spiro atoms. The molecule has 0 aromatic carbocycles. The van der Waals surface area contributed by atoms with Crippen molar-refractivity contribution in [2.24, 2.45) is 0 Å². The Kier molecular flexibility index (Phi) is 3.31. The normalized spacial score (nSPS) is 23.9. The zero-order chi connectivity index (χ0) is 12.4. The Balaban J connectivity index is 1.81. The molecule has 17 heavy (non-hydrogen) atoms. The molecule has 2 fully saturated rings. The number of nitrogens with one attached hydrogen (secondary N) is 1. The number of carboxylic acid groups (broad SMARTS) is 1. The van der Waals surface area contributed by atoms with Crippen LogP contribution in [0.1, 0.15) is 32.1 Å². The summed E-state index contributed by atoms with van der Waals surface area (Å²) in [6.45, 7) is 0.203. The summed E-state index contributed by atoms with van der Waals surface area (Å²) in [4.78, 5) is 35.1. The summed E-state index contributed by atoms with van der Waals surface area (Å²) in [6.07, 6.45) is 2.84. The highest BCUT2D eigenvalue weighted by molar-refractivity contribution is 5.88. The van der Waals surface area contributed by atoms with Gasteiger partial charge < -0.3 is 15.3 Å². The van der Waals surface area contributed by atoms with E-state index in [1.54, 1.807) is 0 Å². The topological polar surface area (TPSA) is 86.7 Å². The predicted octanol–water partition coefficient (Wildman–Crippen LogP) is -0.269. The van der Waals surface area contributed by atoms with E-state index in [-0.39, 0.29) is 31.2 Å². The van der Waals surface area contributed by atoms with Crippen LogP contribution >= 0.6 is 0 Å². The van der Waals surface area contributed by atoms with E-state index in [0.29, 0.717) is 12.5 Å². The van der Waals surface area contributed by atoms with Crippen molar-refractivity contribution in [3.05, 3.63) is 0 Å². The Morgan fingerprint density at radius 3 is 2.65 bits per heavy atom. The maximum atomic E-state index is 11.5. The second-order valence-electron chi connectivity index (χ2n) is 4.57. The number of carbonyl (C=O) groups excluding carboxylic acids is 2. The molecule has 2 N–H and O–H groups in total. The highest BCUT2D eigenvalue weighted by atomic mass is 16.4. The Morgan fingerprint density at radius 2 is 2.06 bits per heavy atom. The number of amides is 2. The van der Waals surface area contributed by atoms with Crippen molar-refractivity contribution in [1.82, 2.24) is 10.2 Å². The lowest BCUT2D eigenvalue weighted by molar-refractivity contribution is -0.146. The van der Waals surface area contributed by atoms with E-state index in [0.717, 1.165) is 12.8 Å². The number of hydrogen-bond donors (Lipinski definition) is 2. The van der Waals surface area contributed by atoms with Crippen molar-refractivity contribution in [1.29, 1.82) is 0 Å². The fourth-order valence-electron chi connectivity index (χ4n) is 2.02. The Labute approximate surface area is 99.0 Å². The van der Waals surface area contributed by atoms with E-state index in [1.807, 2.05) is 0 Å². The van der Waals surface area contributed by atoms with Crippen LogP contribution in [0.4, 0.5) is 0 Å². The van der Waals surface area contributed by atoms with Gasteiger partial charge in [0.15, 0.2) is 0 Å². The Bertz CT molecular complexity index is 351. The minimum absolute atomic E-state index is 0.101. The first-order chi connectivity index (χ1) is 8.08. The van der Waals surface area contributed by atoms with E-state index in [2.05, 4.69) is 5.32 Å². The van der Waals surface area contributed by atoms with Crippen LogP contribution < -0.4 is 5.32 Å². The lowest BCUT2D eigenvalue weighted by Gasteiger charge is -2.21. The molecule has 2 aliphatic rings. The smallest absolute Gasteiger partial charge is 0.326 e. The molecule has 0 radical (unpaired) electrons. The highest BCUT2D eigenvalue weighted by Crippen LogP contribution is 2.20. The van der Waals surface area contributed by atoms with Gasteiger partial charge >= 0.3 is 5.97 Å². The molecule has 1 atom stereocenters. The van der Waals surface area contributed by atoms with Gasteiger partial charge in [-0.2, -0.15) is 0 Å². The number of carboxylic acids is 1. The summed E-state index contributed by atoms with van der Waals surface area (Å²) in [5, 5.41) is 11.7. The van der Waals surface area contributed by atoms with Crippen LogP contribution in [0.25, 0.3) is 0 Å². The lowest BCUT2D eigenvalue weighted by Crippen LogP contribution is -2.41. The summed E-state index contributed by atoms with van der Waals surface area (Å²) in [7, 11) is 0. The van der Waals surface area contributed by atoms with Gasteiger partial charge in [0, 0.05) is 25.4 Å². The molecule has 2 rings (SSSR count). The van der Waals surface area contributed by atoms with E-state index < -0.39 is 12.0 Å². The number of rotatable bonds is 5.